The molecule has 1 N–H and O–H groups in total. The predicted octanol–water partition coefficient (Wildman–Crippen LogP) is 3.73. The molecule has 7 nitrogen and oxygen atoms in total. The second-order valence-electron chi connectivity index (χ2n) is 7.64. The van der Waals surface area contributed by atoms with E-state index in [9.17, 15) is 14.4 Å². The molecule has 0 aliphatic carbocycles. The zero-order valence-electron chi connectivity index (χ0n) is 18.2. The van der Waals surface area contributed by atoms with Gasteiger partial charge in [0.25, 0.3) is 11.8 Å². The minimum Gasteiger partial charge on any atom is -0.479 e. The van der Waals surface area contributed by atoms with Gasteiger partial charge in [0.05, 0.1) is 12.1 Å². The summed E-state index contributed by atoms with van der Waals surface area (Å²) in [6, 6.07) is 23.2. The zero-order chi connectivity index (χ0) is 23.2. The maximum Gasteiger partial charge on any atom is 0.312 e. The Balaban J connectivity index is 1.34. The second-order valence-corrected chi connectivity index (χ2v) is 7.64. The third kappa shape index (κ3) is 5.38. The SMILES string of the molecule is CC1Oc2ccccc2N(CCC(=O)Oc2cccc(C(=O)NCc3ccccc3)c2)C1=O. The molecule has 7 heteroatoms. The molecular formula is C26H24N2O5. The Morgan fingerprint density at radius 3 is 2.58 bits per heavy atom. The van der Waals surface area contributed by atoms with E-state index in [1.807, 2.05) is 42.5 Å². The minimum atomic E-state index is -0.623. The lowest BCUT2D eigenvalue weighted by atomic mass is 10.1. The fourth-order valence-corrected chi connectivity index (χ4v) is 3.56. The lowest BCUT2D eigenvalue weighted by molar-refractivity contribution is -0.134. The molecule has 0 saturated heterocycles. The van der Waals surface area contributed by atoms with Gasteiger partial charge in [-0.05, 0) is 42.8 Å². The average Bonchev–Trinajstić information content (AvgIpc) is 2.83. The molecule has 33 heavy (non-hydrogen) atoms. The van der Waals surface area contributed by atoms with Crippen LogP contribution in [0, 0.1) is 0 Å². The van der Waals surface area contributed by atoms with Crippen LogP contribution in [-0.4, -0.2) is 30.4 Å². The molecule has 1 aliphatic heterocycles. The first-order chi connectivity index (χ1) is 16.0. The molecule has 0 saturated carbocycles. The van der Waals surface area contributed by atoms with E-state index in [4.69, 9.17) is 9.47 Å². The number of hydrogen-bond acceptors (Lipinski definition) is 5. The Morgan fingerprint density at radius 1 is 1.00 bits per heavy atom. The molecule has 0 radical (unpaired) electrons. The van der Waals surface area contributed by atoms with Crippen LogP contribution in [0.4, 0.5) is 5.69 Å². The highest BCUT2D eigenvalue weighted by atomic mass is 16.5. The Labute approximate surface area is 191 Å². The summed E-state index contributed by atoms with van der Waals surface area (Å²) in [5.41, 5.74) is 2.01. The van der Waals surface area contributed by atoms with Gasteiger partial charge in [-0.1, -0.05) is 48.5 Å². The summed E-state index contributed by atoms with van der Waals surface area (Å²) in [6.07, 6.45) is -0.626. The van der Waals surface area contributed by atoms with Gasteiger partial charge in [-0.3, -0.25) is 14.4 Å². The average molecular weight is 444 g/mol. The van der Waals surface area contributed by atoms with E-state index in [-0.39, 0.29) is 30.5 Å². The Kier molecular flexibility index (Phi) is 6.69. The number of rotatable bonds is 7. The van der Waals surface area contributed by atoms with E-state index < -0.39 is 12.1 Å². The van der Waals surface area contributed by atoms with Crippen LogP contribution in [-0.2, 0) is 16.1 Å². The fraction of sp³-hybridized carbons (Fsp3) is 0.192. The maximum atomic E-state index is 12.5. The van der Waals surface area contributed by atoms with Gasteiger partial charge >= 0.3 is 5.97 Å². The number of hydrogen-bond donors (Lipinski definition) is 1. The Bertz CT molecular complexity index is 1160. The highest BCUT2D eigenvalue weighted by Crippen LogP contribution is 2.33. The summed E-state index contributed by atoms with van der Waals surface area (Å²) in [5.74, 6) is -0.0947. The van der Waals surface area contributed by atoms with Crippen molar-refractivity contribution in [2.45, 2.75) is 26.0 Å². The van der Waals surface area contributed by atoms with Gasteiger partial charge in [0.2, 0.25) is 0 Å². The standard InChI is InChI=1S/C26H24N2O5/c1-18-26(31)28(22-12-5-6-13-23(22)32-18)15-14-24(29)33-21-11-7-10-20(16-21)25(30)27-17-19-8-3-2-4-9-19/h2-13,16,18H,14-15,17H2,1H3,(H,27,30). The molecule has 0 aromatic heterocycles. The summed E-state index contributed by atoms with van der Waals surface area (Å²) in [6.45, 7) is 2.24. The van der Waals surface area contributed by atoms with Crippen molar-refractivity contribution in [2.24, 2.45) is 0 Å². The maximum absolute atomic E-state index is 12.5. The van der Waals surface area contributed by atoms with Crippen molar-refractivity contribution in [3.63, 3.8) is 0 Å². The van der Waals surface area contributed by atoms with Crippen molar-refractivity contribution in [3.05, 3.63) is 90.0 Å². The van der Waals surface area contributed by atoms with E-state index in [0.717, 1.165) is 5.56 Å². The molecule has 3 aromatic carbocycles. The number of fused-ring (bicyclic) bond motifs is 1. The monoisotopic (exact) mass is 444 g/mol. The van der Waals surface area contributed by atoms with Crippen molar-refractivity contribution < 1.29 is 23.9 Å². The second kappa shape index (κ2) is 9.99. The van der Waals surface area contributed by atoms with E-state index in [2.05, 4.69) is 5.32 Å². The molecule has 0 spiro atoms. The van der Waals surface area contributed by atoms with Crippen LogP contribution < -0.4 is 19.7 Å². The van der Waals surface area contributed by atoms with Gasteiger partial charge in [-0.25, -0.2) is 0 Å². The number of nitrogens with zero attached hydrogens (tertiary/aromatic N) is 1. The first kappa shape index (κ1) is 22.1. The van der Waals surface area contributed by atoms with Crippen LogP contribution in [0.1, 0.15) is 29.3 Å². The van der Waals surface area contributed by atoms with Crippen LogP contribution in [0.2, 0.25) is 0 Å². The highest BCUT2D eigenvalue weighted by molar-refractivity contribution is 6.00. The summed E-state index contributed by atoms with van der Waals surface area (Å²) >= 11 is 0. The third-order valence-electron chi connectivity index (χ3n) is 5.24. The van der Waals surface area contributed by atoms with Gasteiger partial charge in [0.1, 0.15) is 11.5 Å². The van der Waals surface area contributed by atoms with Gasteiger partial charge in [0, 0.05) is 18.7 Å². The normalized spacial score (nSPS) is 14.8. The highest BCUT2D eigenvalue weighted by Gasteiger charge is 2.31. The van der Waals surface area contributed by atoms with Gasteiger partial charge in [0.15, 0.2) is 6.10 Å². The van der Waals surface area contributed by atoms with Crippen LogP contribution >= 0.6 is 0 Å². The van der Waals surface area contributed by atoms with Crippen molar-refractivity contribution in [1.29, 1.82) is 0 Å². The van der Waals surface area contributed by atoms with Crippen molar-refractivity contribution in [3.8, 4) is 11.5 Å². The molecule has 4 rings (SSSR count). The Hall–Kier alpha value is -4.13. The number of esters is 1. The van der Waals surface area contributed by atoms with Crippen LogP contribution in [0.5, 0.6) is 11.5 Å². The number of nitrogens with one attached hydrogen (secondary N) is 1. The minimum absolute atomic E-state index is 0.00275. The Morgan fingerprint density at radius 2 is 1.76 bits per heavy atom. The van der Waals surface area contributed by atoms with Crippen molar-refractivity contribution in [2.75, 3.05) is 11.4 Å². The molecule has 1 unspecified atom stereocenters. The molecule has 1 heterocycles. The smallest absolute Gasteiger partial charge is 0.312 e. The molecule has 1 atom stereocenters. The summed E-state index contributed by atoms with van der Waals surface area (Å²) in [7, 11) is 0. The number of anilines is 1. The van der Waals surface area contributed by atoms with E-state index in [1.165, 1.54) is 11.0 Å². The number of carbonyl (C=O) groups excluding carboxylic acids is 3. The quantitative estimate of drug-likeness (QED) is 0.443. The number of benzene rings is 3. The molecule has 3 aromatic rings. The molecular weight excluding hydrogens is 420 g/mol. The van der Waals surface area contributed by atoms with Crippen molar-refractivity contribution in [1.82, 2.24) is 5.32 Å². The van der Waals surface area contributed by atoms with Crippen molar-refractivity contribution >= 4 is 23.5 Å². The molecule has 168 valence electrons. The molecule has 1 aliphatic rings. The number of amides is 2. The van der Waals surface area contributed by atoms with Crippen LogP contribution in [0.15, 0.2) is 78.9 Å². The predicted molar refractivity (Wildman–Crippen MR) is 123 cm³/mol. The lowest BCUT2D eigenvalue weighted by Gasteiger charge is -2.32. The molecule has 0 fully saturated rings. The number of ether oxygens (including phenoxy) is 2. The fourth-order valence-electron chi connectivity index (χ4n) is 3.56. The van der Waals surface area contributed by atoms with Gasteiger partial charge in [-0.2, -0.15) is 0 Å². The van der Waals surface area contributed by atoms with Crippen LogP contribution in [0.25, 0.3) is 0 Å². The molecule has 0 bridgehead atoms. The topological polar surface area (TPSA) is 84.9 Å². The van der Waals surface area contributed by atoms with E-state index in [0.29, 0.717) is 23.5 Å². The van der Waals surface area contributed by atoms with Gasteiger partial charge < -0.3 is 19.7 Å². The first-order valence-corrected chi connectivity index (χ1v) is 10.7. The lowest BCUT2D eigenvalue weighted by Crippen LogP contribution is -2.45. The number of para-hydroxylation sites is 2. The first-order valence-electron chi connectivity index (χ1n) is 10.7. The third-order valence-corrected chi connectivity index (χ3v) is 5.24. The van der Waals surface area contributed by atoms with Crippen LogP contribution in [0.3, 0.4) is 0 Å². The summed E-state index contributed by atoms with van der Waals surface area (Å²) in [5, 5.41) is 2.85. The number of carbonyl (C=O) groups is 3. The van der Waals surface area contributed by atoms with E-state index >= 15 is 0 Å². The molecule has 2 amide bonds. The van der Waals surface area contributed by atoms with Gasteiger partial charge in [-0.15, -0.1) is 0 Å². The largest absolute Gasteiger partial charge is 0.479 e. The summed E-state index contributed by atoms with van der Waals surface area (Å²) < 4.78 is 11.0. The van der Waals surface area contributed by atoms with E-state index in [1.54, 1.807) is 37.3 Å². The summed E-state index contributed by atoms with van der Waals surface area (Å²) in [4.78, 5) is 39.0. The zero-order valence-corrected chi connectivity index (χ0v) is 18.2.